The lowest BCUT2D eigenvalue weighted by Crippen LogP contribution is -1.93. The molecule has 0 unspecified atom stereocenters. The molecule has 10 rings (SSSR count). The first-order valence-corrected chi connectivity index (χ1v) is 17.5. The largest absolute Gasteiger partial charge is 0.248 e. The lowest BCUT2D eigenvalue weighted by Gasteiger charge is -2.17. The van der Waals surface area contributed by atoms with Crippen molar-refractivity contribution in [1.29, 1.82) is 0 Å². The average Bonchev–Trinajstić information content (AvgIpc) is 3.56. The Balaban J connectivity index is 1.24. The molecule has 0 saturated heterocycles. The van der Waals surface area contributed by atoms with Crippen molar-refractivity contribution in [3.05, 3.63) is 176 Å². The molecule has 0 atom stereocenters. The molecule has 0 bridgehead atoms. The topological polar surface area (TPSA) is 12.9 Å². The Bertz CT molecular complexity index is 2810. The molecule has 0 aliphatic carbocycles. The van der Waals surface area contributed by atoms with Crippen molar-refractivity contribution in [2.75, 3.05) is 0 Å². The number of fused-ring (bicyclic) bond motifs is 9. The zero-order valence-corrected chi connectivity index (χ0v) is 27.4. The number of hydrogen-bond acceptors (Lipinski definition) is 2. The Morgan fingerprint density at radius 2 is 0.837 bits per heavy atom. The number of benzene rings is 8. The van der Waals surface area contributed by atoms with Crippen LogP contribution in [0.25, 0.3) is 97.3 Å². The van der Waals surface area contributed by atoms with E-state index < -0.39 is 0 Å². The van der Waals surface area contributed by atoms with E-state index in [1.54, 1.807) is 0 Å². The molecule has 8 aromatic carbocycles. The second-order valence-electron chi connectivity index (χ2n) is 12.7. The Labute approximate surface area is 288 Å². The van der Waals surface area contributed by atoms with Crippen LogP contribution in [0, 0.1) is 0 Å². The van der Waals surface area contributed by atoms with E-state index in [2.05, 4.69) is 176 Å². The van der Waals surface area contributed by atoms with E-state index >= 15 is 0 Å². The van der Waals surface area contributed by atoms with Crippen LogP contribution in [0.15, 0.2) is 176 Å². The summed E-state index contributed by atoms with van der Waals surface area (Å²) in [7, 11) is 0. The lowest BCUT2D eigenvalue weighted by atomic mass is 9.87. The molecule has 10 aromatic rings. The molecular weight excluding hydrogens is 611 g/mol. The van der Waals surface area contributed by atoms with Crippen molar-refractivity contribution >= 4 is 63.8 Å². The summed E-state index contributed by atoms with van der Waals surface area (Å²) in [5.41, 5.74) is 9.00. The molecule has 0 radical (unpaired) electrons. The van der Waals surface area contributed by atoms with Gasteiger partial charge in [0, 0.05) is 31.3 Å². The van der Waals surface area contributed by atoms with Crippen molar-refractivity contribution in [2.24, 2.45) is 0 Å². The summed E-state index contributed by atoms with van der Waals surface area (Å²) in [4.78, 5) is 5.17. The molecule has 0 amide bonds. The van der Waals surface area contributed by atoms with Crippen molar-refractivity contribution in [3.63, 3.8) is 0 Å². The smallest absolute Gasteiger partial charge is 0.0715 e. The predicted octanol–water partition coefficient (Wildman–Crippen LogP) is 13.6. The van der Waals surface area contributed by atoms with Gasteiger partial charge in [-0.25, -0.2) is 4.98 Å². The van der Waals surface area contributed by atoms with Crippen LogP contribution in [0.1, 0.15) is 0 Å². The monoisotopic (exact) mass is 639 g/mol. The Morgan fingerprint density at radius 3 is 1.55 bits per heavy atom. The first-order chi connectivity index (χ1) is 24.3. The minimum atomic E-state index is 0.970. The number of thiophene rings is 1. The summed E-state index contributed by atoms with van der Waals surface area (Å²) in [5, 5.41) is 10.3. The SMILES string of the molecule is c1ccc(-c2cc(-c3cccc4c5ccccc5c5cc(-c6ccc7sc8ccccc8c7c6)ccc5c34)cc(-c3ccccc3)n2)cc1. The fourth-order valence-corrected chi connectivity index (χ4v) is 8.62. The molecule has 49 heavy (non-hydrogen) atoms. The van der Waals surface area contributed by atoms with E-state index in [-0.39, 0.29) is 0 Å². The second-order valence-corrected chi connectivity index (χ2v) is 13.8. The summed E-state index contributed by atoms with van der Waals surface area (Å²) in [6.07, 6.45) is 0. The fourth-order valence-electron chi connectivity index (χ4n) is 7.53. The normalized spacial score (nSPS) is 11.7. The molecule has 2 aromatic heterocycles. The summed E-state index contributed by atoms with van der Waals surface area (Å²) < 4.78 is 2.66. The number of rotatable bonds is 4. The molecule has 2 heterocycles. The molecular formula is C47H29NS. The van der Waals surface area contributed by atoms with E-state index in [9.17, 15) is 0 Å². The zero-order valence-electron chi connectivity index (χ0n) is 26.6. The van der Waals surface area contributed by atoms with Gasteiger partial charge in [-0.15, -0.1) is 11.3 Å². The molecule has 228 valence electrons. The van der Waals surface area contributed by atoms with Crippen molar-refractivity contribution in [3.8, 4) is 44.8 Å². The maximum absolute atomic E-state index is 5.17. The molecule has 0 fully saturated rings. The molecule has 0 spiro atoms. The van der Waals surface area contributed by atoms with Gasteiger partial charge in [-0.2, -0.15) is 0 Å². The highest BCUT2D eigenvalue weighted by Gasteiger charge is 2.16. The Kier molecular flexibility index (Phi) is 6.43. The highest BCUT2D eigenvalue weighted by molar-refractivity contribution is 7.25. The van der Waals surface area contributed by atoms with Crippen LogP contribution in [-0.2, 0) is 0 Å². The minimum absolute atomic E-state index is 0.970. The van der Waals surface area contributed by atoms with Crippen LogP contribution < -0.4 is 0 Å². The van der Waals surface area contributed by atoms with E-state index in [4.69, 9.17) is 4.98 Å². The molecule has 2 heteroatoms. The van der Waals surface area contributed by atoms with E-state index in [1.165, 1.54) is 69.2 Å². The fraction of sp³-hybridized carbons (Fsp3) is 0. The van der Waals surface area contributed by atoms with Gasteiger partial charge in [-0.1, -0.05) is 140 Å². The van der Waals surface area contributed by atoms with Crippen LogP contribution in [0.2, 0.25) is 0 Å². The van der Waals surface area contributed by atoms with Gasteiger partial charge in [-0.05, 0) is 91.0 Å². The third-order valence-corrected chi connectivity index (χ3v) is 11.0. The highest BCUT2D eigenvalue weighted by atomic mass is 32.1. The minimum Gasteiger partial charge on any atom is -0.248 e. The number of aromatic nitrogens is 1. The van der Waals surface area contributed by atoms with Crippen LogP contribution in [0.3, 0.4) is 0 Å². The number of pyridine rings is 1. The van der Waals surface area contributed by atoms with Gasteiger partial charge in [-0.3, -0.25) is 0 Å². The van der Waals surface area contributed by atoms with Gasteiger partial charge in [0.25, 0.3) is 0 Å². The van der Waals surface area contributed by atoms with Crippen molar-refractivity contribution in [1.82, 2.24) is 4.98 Å². The molecule has 0 aliphatic rings. The van der Waals surface area contributed by atoms with Crippen molar-refractivity contribution in [2.45, 2.75) is 0 Å². The average molecular weight is 640 g/mol. The maximum atomic E-state index is 5.17. The lowest BCUT2D eigenvalue weighted by molar-refractivity contribution is 1.32. The Hall–Kier alpha value is -6.09. The van der Waals surface area contributed by atoms with Gasteiger partial charge < -0.3 is 0 Å². The molecule has 1 nitrogen and oxygen atoms in total. The first-order valence-electron chi connectivity index (χ1n) is 16.7. The van der Waals surface area contributed by atoms with Gasteiger partial charge in [0.2, 0.25) is 0 Å². The predicted molar refractivity (Wildman–Crippen MR) is 211 cm³/mol. The third-order valence-electron chi connectivity index (χ3n) is 9.85. The maximum Gasteiger partial charge on any atom is 0.0715 e. The molecule has 0 saturated carbocycles. The second kappa shape index (κ2) is 11.3. The number of nitrogens with zero attached hydrogens (tertiary/aromatic N) is 1. The quantitative estimate of drug-likeness (QED) is 0.175. The van der Waals surface area contributed by atoms with Crippen LogP contribution in [-0.4, -0.2) is 4.98 Å². The van der Waals surface area contributed by atoms with E-state index in [0.29, 0.717) is 0 Å². The summed E-state index contributed by atoms with van der Waals surface area (Å²) >= 11 is 1.87. The molecule has 0 N–H and O–H groups in total. The van der Waals surface area contributed by atoms with Crippen LogP contribution in [0.4, 0.5) is 0 Å². The highest BCUT2D eigenvalue weighted by Crippen LogP contribution is 2.43. The summed E-state index contributed by atoms with van der Waals surface area (Å²) in [6, 6.07) is 63.9. The summed E-state index contributed by atoms with van der Waals surface area (Å²) in [5.74, 6) is 0. The van der Waals surface area contributed by atoms with Crippen LogP contribution >= 0.6 is 11.3 Å². The Morgan fingerprint density at radius 1 is 0.306 bits per heavy atom. The van der Waals surface area contributed by atoms with Gasteiger partial charge in [0.05, 0.1) is 11.4 Å². The van der Waals surface area contributed by atoms with E-state index in [0.717, 1.165) is 28.1 Å². The summed E-state index contributed by atoms with van der Waals surface area (Å²) in [6.45, 7) is 0. The van der Waals surface area contributed by atoms with E-state index in [1.807, 2.05) is 11.3 Å². The first kappa shape index (κ1) is 28.0. The molecule has 0 aliphatic heterocycles. The van der Waals surface area contributed by atoms with Crippen LogP contribution in [0.5, 0.6) is 0 Å². The van der Waals surface area contributed by atoms with Gasteiger partial charge in [0.1, 0.15) is 0 Å². The third kappa shape index (κ3) is 4.64. The standard InChI is InChI=1S/C47H29NS/c1-3-12-30(13-4-1)43-28-34(29-44(48-43)31-14-5-2-6-15-31)35-19-11-20-39-36-16-7-8-17-37(36)41-26-32(22-24-40(41)47(35)39)33-23-25-46-42(27-33)38-18-9-10-21-45(38)49-46/h1-29H. The van der Waals surface area contributed by atoms with Gasteiger partial charge in [0.15, 0.2) is 0 Å². The van der Waals surface area contributed by atoms with Crippen molar-refractivity contribution < 1.29 is 0 Å². The van der Waals surface area contributed by atoms with Gasteiger partial charge >= 0.3 is 0 Å². The zero-order chi connectivity index (χ0) is 32.3. The number of hydrogen-bond donors (Lipinski definition) is 0.